The second-order valence-corrected chi connectivity index (χ2v) is 4.99. The van der Waals surface area contributed by atoms with Gasteiger partial charge in [0.25, 0.3) is 0 Å². The first-order valence-electron chi connectivity index (χ1n) is 7.10. The highest BCUT2D eigenvalue weighted by Crippen LogP contribution is 2.23. The smallest absolute Gasteiger partial charge is 0.104 e. The minimum Gasteiger partial charge on any atom is -0.384 e. The molecule has 0 bridgehead atoms. The molecule has 0 aromatic heterocycles. The van der Waals surface area contributed by atoms with Crippen molar-refractivity contribution in [2.45, 2.75) is 39.2 Å². The summed E-state index contributed by atoms with van der Waals surface area (Å²) in [4.78, 5) is 0. The lowest BCUT2D eigenvalue weighted by Gasteiger charge is -2.12. The fraction of sp³-hybridized carbons (Fsp3) is 0.333. The third-order valence-electron chi connectivity index (χ3n) is 3.54. The third kappa shape index (κ3) is 3.45. The summed E-state index contributed by atoms with van der Waals surface area (Å²) in [5.41, 5.74) is 4.55. The van der Waals surface area contributed by atoms with Gasteiger partial charge in [-0.25, -0.2) is 0 Å². The first-order valence-corrected chi connectivity index (χ1v) is 7.10. The predicted octanol–water partition coefficient (Wildman–Crippen LogP) is 4.28. The van der Waals surface area contributed by atoms with E-state index in [2.05, 4.69) is 38.1 Å². The summed E-state index contributed by atoms with van der Waals surface area (Å²) in [7, 11) is 0. The molecular weight excluding hydrogens is 232 g/mol. The number of hydrogen-bond donors (Lipinski definition) is 1. The molecule has 100 valence electrons. The fourth-order valence-electron chi connectivity index (χ4n) is 2.28. The van der Waals surface area contributed by atoms with Crippen LogP contribution in [-0.2, 0) is 12.8 Å². The van der Waals surface area contributed by atoms with Crippen LogP contribution in [0.3, 0.4) is 0 Å². The minimum atomic E-state index is -0.526. The average Bonchev–Trinajstić information content (AvgIpc) is 2.48. The Morgan fingerprint density at radius 2 is 1.26 bits per heavy atom. The summed E-state index contributed by atoms with van der Waals surface area (Å²) >= 11 is 0. The zero-order valence-electron chi connectivity index (χ0n) is 11.8. The maximum absolute atomic E-state index is 10.4. The van der Waals surface area contributed by atoms with E-state index in [4.69, 9.17) is 0 Å². The van der Waals surface area contributed by atoms with Crippen LogP contribution in [0.1, 0.15) is 48.6 Å². The molecule has 0 fully saturated rings. The number of rotatable bonds is 5. The maximum Gasteiger partial charge on any atom is 0.104 e. The summed E-state index contributed by atoms with van der Waals surface area (Å²) in [5.74, 6) is 0. The van der Waals surface area contributed by atoms with E-state index in [-0.39, 0.29) is 0 Å². The normalized spacial score (nSPS) is 12.4. The third-order valence-corrected chi connectivity index (χ3v) is 3.54. The molecule has 0 radical (unpaired) electrons. The molecule has 0 aliphatic heterocycles. The first-order chi connectivity index (χ1) is 9.24. The molecule has 0 aliphatic carbocycles. The molecule has 2 rings (SSSR count). The lowest BCUT2D eigenvalue weighted by atomic mass is 9.98. The van der Waals surface area contributed by atoms with Gasteiger partial charge in [0.15, 0.2) is 0 Å². The van der Waals surface area contributed by atoms with Crippen molar-refractivity contribution in [1.82, 2.24) is 0 Å². The number of hydrogen-bond acceptors (Lipinski definition) is 1. The van der Waals surface area contributed by atoms with E-state index in [0.29, 0.717) is 0 Å². The van der Waals surface area contributed by atoms with Crippen LogP contribution in [0.15, 0.2) is 48.5 Å². The molecule has 0 spiro atoms. The highest BCUT2D eigenvalue weighted by molar-refractivity contribution is 5.33. The number of benzene rings is 2. The molecule has 19 heavy (non-hydrogen) atoms. The quantitative estimate of drug-likeness (QED) is 0.844. The lowest BCUT2D eigenvalue weighted by Crippen LogP contribution is -2.00. The zero-order valence-corrected chi connectivity index (χ0v) is 11.8. The molecule has 0 aliphatic rings. The summed E-state index contributed by atoms with van der Waals surface area (Å²) in [5, 5.41) is 10.4. The predicted molar refractivity (Wildman–Crippen MR) is 80.3 cm³/mol. The molecule has 1 atom stereocenters. The minimum absolute atomic E-state index is 0.526. The highest BCUT2D eigenvalue weighted by atomic mass is 16.3. The summed E-state index contributed by atoms with van der Waals surface area (Å²) in [6.45, 7) is 4.32. The van der Waals surface area contributed by atoms with Gasteiger partial charge in [-0.3, -0.25) is 0 Å². The molecule has 1 N–H and O–H groups in total. The Hall–Kier alpha value is -1.60. The molecule has 0 saturated heterocycles. The topological polar surface area (TPSA) is 20.2 Å². The van der Waals surface area contributed by atoms with E-state index in [0.717, 1.165) is 30.4 Å². The van der Waals surface area contributed by atoms with Crippen LogP contribution < -0.4 is 0 Å². The molecule has 2 aromatic carbocycles. The Labute approximate surface area is 115 Å². The number of aliphatic hydroxyl groups excluding tert-OH is 1. The molecule has 0 heterocycles. The van der Waals surface area contributed by atoms with Crippen molar-refractivity contribution in [1.29, 1.82) is 0 Å². The van der Waals surface area contributed by atoms with Gasteiger partial charge >= 0.3 is 0 Å². The second kappa shape index (κ2) is 6.53. The van der Waals surface area contributed by atoms with Crippen molar-refractivity contribution < 1.29 is 5.11 Å². The summed E-state index contributed by atoms with van der Waals surface area (Å²) in [6.07, 6.45) is 2.76. The van der Waals surface area contributed by atoms with Crippen LogP contribution in [0.5, 0.6) is 0 Å². The van der Waals surface area contributed by atoms with Gasteiger partial charge in [-0.2, -0.15) is 0 Å². The standard InChI is InChI=1S/C18H22O/c1-3-5-15-8-12-17(13-9-15)18(19)16-10-6-14(4-2)7-11-16/h6-13,18-19H,3-5H2,1-2H3. The fourth-order valence-corrected chi connectivity index (χ4v) is 2.28. The second-order valence-electron chi connectivity index (χ2n) is 4.99. The van der Waals surface area contributed by atoms with Gasteiger partial charge < -0.3 is 5.11 Å². The van der Waals surface area contributed by atoms with E-state index in [1.54, 1.807) is 0 Å². The van der Waals surface area contributed by atoms with Crippen LogP contribution in [0.4, 0.5) is 0 Å². The molecule has 0 amide bonds. The van der Waals surface area contributed by atoms with Crippen molar-refractivity contribution in [3.63, 3.8) is 0 Å². The highest BCUT2D eigenvalue weighted by Gasteiger charge is 2.09. The Bertz CT molecular complexity index is 496. The van der Waals surface area contributed by atoms with E-state index in [1.165, 1.54) is 11.1 Å². The van der Waals surface area contributed by atoms with Gasteiger partial charge in [0, 0.05) is 0 Å². The average molecular weight is 254 g/mol. The monoisotopic (exact) mass is 254 g/mol. The Balaban J connectivity index is 2.15. The Morgan fingerprint density at radius 3 is 1.68 bits per heavy atom. The molecule has 1 unspecified atom stereocenters. The maximum atomic E-state index is 10.4. The van der Waals surface area contributed by atoms with Crippen LogP contribution in [0.2, 0.25) is 0 Å². The molecule has 0 saturated carbocycles. The van der Waals surface area contributed by atoms with Crippen LogP contribution >= 0.6 is 0 Å². The van der Waals surface area contributed by atoms with Crippen molar-refractivity contribution in [3.8, 4) is 0 Å². The van der Waals surface area contributed by atoms with Gasteiger partial charge in [-0.1, -0.05) is 68.8 Å². The molecule has 1 nitrogen and oxygen atoms in total. The largest absolute Gasteiger partial charge is 0.384 e. The summed E-state index contributed by atoms with van der Waals surface area (Å²) in [6, 6.07) is 16.5. The van der Waals surface area contributed by atoms with E-state index >= 15 is 0 Å². The number of aryl methyl sites for hydroxylation is 2. The van der Waals surface area contributed by atoms with Crippen molar-refractivity contribution in [2.75, 3.05) is 0 Å². The van der Waals surface area contributed by atoms with Crippen LogP contribution in [0.25, 0.3) is 0 Å². The molecular formula is C18H22O. The Kier molecular flexibility index (Phi) is 4.75. The van der Waals surface area contributed by atoms with Gasteiger partial charge in [0.1, 0.15) is 6.10 Å². The van der Waals surface area contributed by atoms with Gasteiger partial charge in [-0.05, 0) is 35.1 Å². The van der Waals surface area contributed by atoms with E-state index in [1.807, 2.05) is 24.3 Å². The van der Waals surface area contributed by atoms with Gasteiger partial charge in [-0.15, -0.1) is 0 Å². The van der Waals surface area contributed by atoms with Crippen molar-refractivity contribution in [2.24, 2.45) is 0 Å². The van der Waals surface area contributed by atoms with Gasteiger partial charge in [0.2, 0.25) is 0 Å². The molecule has 2 aromatic rings. The Morgan fingerprint density at radius 1 is 0.789 bits per heavy atom. The van der Waals surface area contributed by atoms with Crippen molar-refractivity contribution >= 4 is 0 Å². The lowest BCUT2D eigenvalue weighted by molar-refractivity contribution is 0.220. The van der Waals surface area contributed by atoms with E-state index in [9.17, 15) is 5.11 Å². The SMILES string of the molecule is CCCc1ccc(C(O)c2ccc(CC)cc2)cc1. The van der Waals surface area contributed by atoms with Crippen LogP contribution in [-0.4, -0.2) is 5.11 Å². The van der Waals surface area contributed by atoms with Crippen molar-refractivity contribution in [3.05, 3.63) is 70.8 Å². The summed E-state index contributed by atoms with van der Waals surface area (Å²) < 4.78 is 0. The zero-order chi connectivity index (χ0) is 13.7. The van der Waals surface area contributed by atoms with Crippen LogP contribution in [0, 0.1) is 0 Å². The molecule has 1 heteroatoms. The van der Waals surface area contributed by atoms with Gasteiger partial charge in [0.05, 0.1) is 0 Å². The van der Waals surface area contributed by atoms with E-state index < -0.39 is 6.10 Å². The first kappa shape index (κ1) is 13.8. The number of aliphatic hydroxyl groups is 1.